The SMILES string of the molecule is O=C(NC(Cc1ncn[nH]1)C(=O)O)OCC1c2ccccc2-c2ccccc21. The van der Waals surface area contributed by atoms with Gasteiger partial charge in [-0.25, -0.2) is 14.6 Å². The first kappa shape index (κ1) is 17.7. The van der Waals surface area contributed by atoms with Gasteiger partial charge in [0, 0.05) is 12.3 Å². The molecule has 1 aliphatic carbocycles. The molecule has 1 amide bonds. The summed E-state index contributed by atoms with van der Waals surface area (Å²) in [7, 11) is 0. The molecule has 0 fully saturated rings. The van der Waals surface area contributed by atoms with Gasteiger partial charge in [0.25, 0.3) is 0 Å². The smallest absolute Gasteiger partial charge is 0.407 e. The highest BCUT2D eigenvalue weighted by molar-refractivity contribution is 5.81. The fourth-order valence-corrected chi connectivity index (χ4v) is 3.50. The van der Waals surface area contributed by atoms with Crippen LogP contribution in [-0.4, -0.2) is 45.0 Å². The Balaban J connectivity index is 1.44. The monoisotopic (exact) mass is 378 g/mol. The molecule has 1 unspecified atom stereocenters. The van der Waals surface area contributed by atoms with E-state index in [9.17, 15) is 14.7 Å². The predicted octanol–water partition coefficient (Wildman–Crippen LogP) is 2.34. The minimum atomic E-state index is -1.18. The molecule has 2 aromatic carbocycles. The fourth-order valence-electron chi connectivity index (χ4n) is 3.50. The van der Waals surface area contributed by atoms with Crippen molar-refractivity contribution in [3.8, 4) is 11.1 Å². The summed E-state index contributed by atoms with van der Waals surface area (Å²) < 4.78 is 5.38. The number of nitrogens with one attached hydrogen (secondary N) is 2. The van der Waals surface area contributed by atoms with E-state index in [1.807, 2.05) is 48.5 Å². The van der Waals surface area contributed by atoms with Gasteiger partial charge in [0.2, 0.25) is 0 Å². The number of nitrogens with zero attached hydrogens (tertiary/aromatic N) is 2. The van der Waals surface area contributed by atoms with Crippen molar-refractivity contribution in [1.82, 2.24) is 20.5 Å². The van der Waals surface area contributed by atoms with Crippen LogP contribution < -0.4 is 5.32 Å². The number of ether oxygens (including phenoxy) is 1. The zero-order valence-electron chi connectivity index (χ0n) is 14.8. The van der Waals surface area contributed by atoms with Crippen LogP contribution in [0.3, 0.4) is 0 Å². The van der Waals surface area contributed by atoms with Crippen LogP contribution in [0, 0.1) is 0 Å². The first-order valence-corrected chi connectivity index (χ1v) is 8.82. The Morgan fingerprint density at radius 2 is 1.75 bits per heavy atom. The second-order valence-electron chi connectivity index (χ2n) is 6.50. The summed E-state index contributed by atoms with van der Waals surface area (Å²) in [4.78, 5) is 27.5. The summed E-state index contributed by atoms with van der Waals surface area (Å²) >= 11 is 0. The predicted molar refractivity (Wildman–Crippen MR) is 99.7 cm³/mol. The summed E-state index contributed by atoms with van der Waals surface area (Å²) in [6.07, 6.45) is 0.481. The molecule has 4 rings (SSSR count). The lowest BCUT2D eigenvalue weighted by Gasteiger charge is -2.17. The summed E-state index contributed by atoms with van der Waals surface area (Å²) in [6, 6.07) is 14.8. The number of alkyl carbamates (subject to hydrolysis) is 1. The molecular weight excluding hydrogens is 360 g/mol. The van der Waals surface area contributed by atoms with Crippen molar-refractivity contribution in [2.24, 2.45) is 0 Å². The summed E-state index contributed by atoms with van der Waals surface area (Å²) in [6.45, 7) is 0.120. The molecular formula is C20H18N4O4. The molecule has 0 saturated heterocycles. The van der Waals surface area contributed by atoms with Crippen molar-refractivity contribution < 1.29 is 19.4 Å². The third-order valence-corrected chi connectivity index (χ3v) is 4.80. The molecule has 1 atom stereocenters. The van der Waals surface area contributed by atoms with Crippen LogP contribution in [0.4, 0.5) is 4.79 Å². The van der Waals surface area contributed by atoms with E-state index in [1.54, 1.807) is 0 Å². The van der Waals surface area contributed by atoms with Gasteiger partial charge in [-0.3, -0.25) is 5.10 Å². The maximum Gasteiger partial charge on any atom is 0.407 e. The van der Waals surface area contributed by atoms with Crippen LogP contribution in [0.5, 0.6) is 0 Å². The molecule has 3 aromatic rings. The van der Waals surface area contributed by atoms with Crippen LogP contribution in [-0.2, 0) is 16.0 Å². The van der Waals surface area contributed by atoms with Crippen molar-refractivity contribution in [3.63, 3.8) is 0 Å². The number of aromatic nitrogens is 3. The lowest BCUT2D eigenvalue weighted by molar-refractivity contribution is -0.139. The maximum absolute atomic E-state index is 12.2. The molecule has 1 aliphatic rings. The van der Waals surface area contributed by atoms with E-state index >= 15 is 0 Å². The van der Waals surface area contributed by atoms with Gasteiger partial charge in [-0.2, -0.15) is 5.10 Å². The molecule has 8 nitrogen and oxygen atoms in total. The molecule has 0 saturated carbocycles. The van der Waals surface area contributed by atoms with Crippen LogP contribution in [0.1, 0.15) is 22.9 Å². The number of benzene rings is 2. The Labute approximate surface area is 160 Å². The number of rotatable bonds is 6. The summed E-state index contributed by atoms with van der Waals surface area (Å²) in [5.74, 6) is -0.896. The molecule has 0 radical (unpaired) electrons. The molecule has 8 heteroatoms. The second kappa shape index (κ2) is 7.51. The Hall–Kier alpha value is -3.68. The average molecular weight is 378 g/mol. The lowest BCUT2D eigenvalue weighted by Crippen LogP contribution is -2.43. The largest absolute Gasteiger partial charge is 0.480 e. The van der Waals surface area contributed by atoms with E-state index in [0.29, 0.717) is 5.82 Å². The van der Waals surface area contributed by atoms with E-state index < -0.39 is 18.1 Å². The molecule has 142 valence electrons. The topological polar surface area (TPSA) is 117 Å². The van der Waals surface area contributed by atoms with Gasteiger partial charge in [-0.1, -0.05) is 48.5 Å². The molecule has 28 heavy (non-hydrogen) atoms. The summed E-state index contributed by atoms with van der Waals surface area (Å²) in [5, 5.41) is 18.0. The number of H-pyrrole nitrogens is 1. The van der Waals surface area contributed by atoms with Gasteiger partial charge < -0.3 is 15.2 Å². The number of aromatic amines is 1. The van der Waals surface area contributed by atoms with Gasteiger partial charge in [-0.05, 0) is 22.3 Å². The van der Waals surface area contributed by atoms with Gasteiger partial charge >= 0.3 is 12.1 Å². The Bertz CT molecular complexity index is 957. The van der Waals surface area contributed by atoms with Gasteiger partial charge in [0.1, 0.15) is 24.8 Å². The highest BCUT2D eigenvalue weighted by Crippen LogP contribution is 2.44. The van der Waals surface area contributed by atoms with Gasteiger partial charge in [0.15, 0.2) is 0 Å². The van der Waals surface area contributed by atoms with Crippen molar-refractivity contribution >= 4 is 12.1 Å². The quantitative estimate of drug-likeness (QED) is 0.606. The Morgan fingerprint density at radius 1 is 1.11 bits per heavy atom. The lowest BCUT2D eigenvalue weighted by atomic mass is 9.98. The number of carboxylic acid groups (broad SMARTS) is 1. The number of carbonyl (C=O) groups is 2. The van der Waals surface area contributed by atoms with Crippen LogP contribution >= 0.6 is 0 Å². The second-order valence-corrected chi connectivity index (χ2v) is 6.50. The van der Waals surface area contributed by atoms with E-state index in [0.717, 1.165) is 22.3 Å². The highest BCUT2D eigenvalue weighted by Gasteiger charge is 2.29. The van der Waals surface area contributed by atoms with E-state index in [2.05, 4.69) is 20.5 Å². The summed E-state index contributed by atoms with van der Waals surface area (Å²) in [5.41, 5.74) is 4.43. The first-order valence-electron chi connectivity index (χ1n) is 8.82. The fraction of sp³-hybridized carbons (Fsp3) is 0.200. The number of fused-ring (bicyclic) bond motifs is 3. The number of aliphatic carboxylic acids is 1. The number of hydrogen-bond donors (Lipinski definition) is 3. The molecule has 0 bridgehead atoms. The van der Waals surface area contributed by atoms with Crippen LogP contribution in [0.25, 0.3) is 11.1 Å². The molecule has 1 aromatic heterocycles. The average Bonchev–Trinajstić information content (AvgIpc) is 3.32. The van der Waals surface area contributed by atoms with Crippen molar-refractivity contribution in [2.45, 2.75) is 18.4 Å². The molecule has 1 heterocycles. The van der Waals surface area contributed by atoms with E-state index in [1.165, 1.54) is 6.33 Å². The highest BCUT2D eigenvalue weighted by atomic mass is 16.5. The van der Waals surface area contributed by atoms with Gasteiger partial charge in [-0.15, -0.1) is 0 Å². The van der Waals surface area contributed by atoms with Crippen LogP contribution in [0.15, 0.2) is 54.9 Å². The van der Waals surface area contributed by atoms with Crippen molar-refractivity contribution in [2.75, 3.05) is 6.61 Å². The minimum Gasteiger partial charge on any atom is -0.480 e. The first-order chi connectivity index (χ1) is 13.6. The zero-order chi connectivity index (χ0) is 19.5. The number of hydrogen-bond acceptors (Lipinski definition) is 5. The zero-order valence-corrected chi connectivity index (χ0v) is 14.8. The Kier molecular flexibility index (Phi) is 4.76. The molecule has 3 N–H and O–H groups in total. The van der Waals surface area contributed by atoms with E-state index in [-0.39, 0.29) is 18.9 Å². The van der Waals surface area contributed by atoms with Crippen molar-refractivity contribution in [3.05, 3.63) is 71.8 Å². The van der Waals surface area contributed by atoms with Gasteiger partial charge in [0.05, 0.1) is 0 Å². The standard InChI is InChI=1S/C20H18N4O4/c25-19(26)17(9-18-21-11-22-24-18)23-20(27)28-10-16-14-7-3-1-5-12(14)13-6-2-4-8-15(13)16/h1-8,11,16-17H,9-10H2,(H,23,27)(H,25,26)(H,21,22,24). The third-order valence-electron chi connectivity index (χ3n) is 4.80. The molecule has 0 aliphatic heterocycles. The number of carboxylic acids is 1. The third kappa shape index (κ3) is 3.44. The van der Waals surface area contributed by atoms with Crippen molar-refractivity contribution in [1.29, 1.82) is 0 Å². The van der Waals surface area contributed by atoms with E-state index in [4.69, 9.17) is 4.74 Å². The minimum absolute atomic E-state index is 0.0144. The Morgan fingerprint density at radius 3 is 2.32 bits per heavy atom. The maximum atomic E-state index is 12.2. The number of amides is 1. The van der Waals surface area contributed by atoms with Crippen LogP contribution in [0.2, 0.25) is 0 Å². The molecule has 0 spiro atoms. The normalized spacial score (nSPS) is 13.4. The number of carbonyl (C=O) groups excluding carboxylic acids is 1.